The average molecular weight is 282 g/mol. The monoisotopic (exact) mass is 282 g/mol. The maximum Gasteiger partial charge on any atom is 0.338 e. The second kappa shape index (κ2) is 6.81. The minimum Gasteiger partial charge on any atom is -0.464 e. The Hall–Kier alpha value is -1.47. The maximum absolute atomic E-state index is 11.5. The van der Waals surface area contributed by atoms with Gasteiger partial charge in [0.2, 0.25) is 0 Å². The van der Waals surface area contributed by atoms with Crippen LogP contribution in [-0.2, 0) is 19.0 Å². The molecule has 1 aromatic carbocycles. The largest absolute Gasteiger partial charge is 0.464 e. The van der Waals surface area contributed by atoms with Gasteiger partial charge in [0, 0.05) is 5.56 Å². The number of aliphatic hydroxyl groups is 2. The topological polar surface area (TPSA) is 85.2 Å². The number of carbonyl (C=O) groups excluding carboxylic acids is 1. The molecule has 1 fully saturated rings. The van der Waals surface area contributed by atoms with Crippen LogP contribution in [0.25, 0.3) is 0 Å². The summed E-state index contributed by atoms with van der Waals surface area (Å²) in [7, 11) is 0. The van der Waals surface area contributed by atoms with Crippen molar-refractivity contribution in [3.63, 3.8) is 0 Å². The molecule has 1 saturated heterocycles. The Morgan fingerprint density at radius 2 is 2.00 bits per heavy atom. The van der Waals surface area contributed by atoms with E-state index in [4.69, 9.17) is 14.2 Å². The number of hydrogen-bond donors (Lipinski definition) is 2. The van der Waals surface area contributed by atoms with Crippen molar-refractivity contribution in [2.24, 2.45) is 0 Å². The zero-order valence-corrected chi connectivity index (χ0v) is 11.2. The number of rotatable bonds is 5. The molecule has 0 bridgehead atoms. The summed E-state index contributed by atoms with van der Waals surface area (Å²) in [6, 6.07) is 6.82. The molecule has 20 heavy (non-hydrogen) atoms. The first-order valence-electron chi connectivity index (χ1n) is 6.50. The summed E-state index contributed by atoms with van der Waals surface area (Å²) in [4.78, 5) is 11.5. The molecule has 0 saturated carbocycles. The summed E-state index contributed by atoms with van der Waals surface area (Å²) in [6.45, 7) is 2.70. The highest BCUT2D eigenvalue weighted by Crippen LogP contribution is 2.31. The quantitative estimate of drug-likeness (QED) is 0.773. The van der Waals surface area contributed by atoms with Crippen LogP contribution in [0, 0.1) is 0 Å². The van der Waals surface area contributed by atoms with E-state index in [-0.39, 0.29) is 6.61 Å². The van der Waals surface area contributed by atoms with E-state index in [2.05, 4.69) is 0 Å². The Morgan fingerprint density at radius 3 is 2.65 bits per heavy atom. The lowest BCUT2D eigenvalue weighted by atomic mass is 9.98. The summed E-state index contributed by atoms with van der Waals surface area (Å²) in [5.74, 6) is -0.858. The fourth-order valence-corrected chi connectivity index (χ4v) is 2.06. The Labute approximate surface area is 116 Å². The van der Waals surface area contributed by atoms with Gasteiger partial charge in [0.05, 0.1) is 19.8 Å². The molecule has 0 radical (unpaired) electrons. The van der Waals surface area contributed by atoms with Crippen LogP contribution >= 0.6 is 0 Å². The molecule has 1 aliphatic rings. The van der Waals surface area contributed by atoms with Gasteiger partial charge in [-0.25, -0.2) is 4.79 Å². The Bertz CT molecular complexity index is 455. The molecule has 2 rings (SSSR count). The molecule has 2 N–H and O–H groups in total. The predicted octanol–water partition coefficient (Wildman–Crippen LogP) is 0.689. The molecule has 6 heteroatoms. The van der Waals surface area contributed by atoms with Gasteiger partial charge in [0.1, 0.15) is 6.10 Å². The first-order valence-corrected chi connectivity index (χ1v) is 6.50. The number of carbonyl (C=O) groups is 1. The zero-order chi connectivity index (χ0) is 14.5. The summed E-state index contributed by atoms with van der Waals surface area (Å²) < 4.78 is 15.5. The maximum atomic E-state index is 11.5. The number of benzene rings is 1. The summed E-state index contributed by atoms with van der Waals surface area (Å²) in [5.41, 5.74) is 0.987. The molecule has 0 spiro atoms. The molecule has 0 aliphatic carbocycles. The van der Waals surface area contributed by atoms with Gasteiger partial charge < -0.3 is 24.4 Å². The van der Waals surface area contributed by atoms with Gasteiger partial charge in [0.25, 0.3) is 0 Å². The summed E-state index contributed by atoms with van der Waals surface area (Å²) in [5, 5.41) is 20.0. The van der Waals surface area contributed by atoms with Crippen molar-refractivity contribution in [3.8, 4) is 0 Å². The van der Waals surface area contributed by atoms with Crippen LogP contribution in [-0.4, -0.2) is 42.1 Å². The lowest BCUT2D eigenvalue weighted by molar-refractivity contribution is -0.159. The molecular formula is C14H18O6. The first kappa shape index (κ1) is 14.9. The van der Waals surface area contributed by atoms with Crippen LogP contribution in [0.5, 0.6) is 0 Å². The second-order valence-corrected chi connectivity index (χ2v) is 4.34. The van der Waals surface area contributed by atoms with E-state index in [1.165, 1.54) is 0 Å². The molecule has 110 valence electrons. The average Bonchev–Trinajstić information content (AvgIpc) is 3.00. The van der Waals surface area contributed by atoms with Crippen LogP contribution in [0.1, 0.15) is 30.4 Å². The van der Waals surface area contributed by atoms with Crippen molar-refractivity contribution in [3.05, 3.63) is 35.4 Å². The molecule has 2 unspecified atom stereocenters. The lowest BCUT2D eigenvalue weighted by Gasteiger charge is -2.21. The van der Waals surface area contributed by atoms with Gasteiger partial charge in [-0.2, -0.15) is 0 Å². The number of ether oxygens (including phenoxy) is 3. The second-order valence-electron chi connectivity index (χ2n) is 4.34. The van der Waals surface area contributed by atoms with E-state index in [1.807, 2.05) is 0 Å². The van der Waals surface area contributed by atoms with Gasteiger partial charge in [0.15, 0.2) is 12.4 Å². The van der Waals surface area contributed by atoms with E-state index >= 15 is 0 Å². The minimum atomic E-state index is -1.64. The molecular weight excluding hydrogens is 264 g/mol. The van der Waals surface area contributed by atoms with Gasteiger partial charge in [-0.15, -0.1) is 0 Å². The lowest BCUT2D eigenvalue weighted by Crippen LogP contribution is -2.30. The highest BCUT2D eigenvalue weighted by Gasteiger charge is 2.31. The molecule has 2 atom stereocenters. The molecule has 1 heterocycles. The standard InChI is InChI=1S/C14H18O6/c1-2-18-13(17)12(16)11(15)9-5-3-4-6-10(9)14-19-7-8-20-14/h3-6,11-12,14-16H,2,7-8H2,1H3. The number of esters is 1. The molecule has 1 aliphatic heterocycles. The third-order valence-electron chi connectivity index (χ3n) is 3.02. The Kier molecular flexibility index (Phi) is 5.08. The van der Waals surface area contributed by atoms with Gasteiger partial charge in [-0.3, -0.25) is 0 Å². The van der Waals surface area contributed by atoms with E-state index < -0.39 is 24.5 Å². The third-order valence-corrected chi connectivity index (χ3v) is 3.02. The van der Waals surface area contributed by atoms with Gasteiger partial charge in [-0.05, 0) is 12.5 Å². The fourth-order valence-electron chi connectivity index (χ4n) is 2.06. The van der Waals surface area contributed by atoms with Gasteiger partial charge >= 0.3 is 5.97 Å². The molecule has 0 amide bonds. The van der Waals surface area contributed by atoms with Crippen LogP contribution in [0.3, 0.4) is 0 Å². The van der Waals surface area contributed by atoms with E-state index in [9.17, 15) is 15.0 Å². The van der Waals surface area contributed by atoms with Crippen molar-refractivity contribution in [2.75, 3.05) is 19.8 Å². The molecule has 1 aromatic rings. The first-order chi connectivity index (χ1) is 9.65. The third kappa shape index (κ3) is 3.16. The summed E-state index contributed by atoms with van der Waals surface area (Å²) in [6.07, 6.45) is -3.62. The molecule has 6 nitrogen and oxygen atoms in total. The van der Waals surface area contributed by atoms with E-state index in [0.717, 1.165) is 0 Å². The van der Waals surface area contributed by atoms with Crippen molar-refractivity contribution in [2.45, 2.75) is 25.4 Å². The zero-order valence-electron chi connectivity index (χ0n) is 11.2. The smallest absolute Gasteiger partial charge is 0.338 e. The SMILES string of the molecule is CCOC(=O)C(O)C(O)c1ccccc1C1OCCO1. The highest BCUT2D eigenvalue weighted by molar-refractivity contribution is 5.75. The van der Waals surface area contributed by atoms with Crippen LogP contribution in [0.2, 0.25) is 0 Å². The normalized spacial score (nSPS) is 18.8. The van der Waals surface area contributed by atoms with Crippen LogP contribution in [0.4, 0.5) is 0 Å². The molecule has 0 aromatic heterocycles. The fraction of sp³-hybridized carbons (Fsp3) is 0.500. The Morgan fingerprint density at radius 1 is 1.35 bits per heavy atom. The van der Waals surface area contributed by atoms with Crippen molar-refractivity contribution < 1.29 is 29.2 Å². The highest BCUT2D eigenvalue weighted by atomic mass is 16.7. The van der Waals surface area contributed by atoms with Crippen molar-refractivity contribution >= 4 is 5.97 Å². The minimum absolute atomic E-state index is 0.138. The Balaban J connectivity index is 2.20. The van der Waals surface area contributed by atoms with E-state index in [1.54, 1.807) is 31.2 Å². The van der Waals surface area contributed by atoms with Gasteiger partial charge in [-0.1, -0.05) is 24.3 Å². The van der Waals surface area contributed by atoms with Crippen LogP contribution < -0.4 is 0 Å². The van der Waals surface area contributed by atoms with Crippen molar-refractivity contribution in [1.82, 2.24) is 0 Å². The summed E-state index contributed by atoms with van der Waals surface area (Å²) >= 11 is 0. The van der Waals surface area contributed by atoms with E-state index in [0.29, 0.717) is 24.3 Å². The number of hydrogen-bond acceptors (Lipinski definition) is 6. The van der Waals surface area contributed by atoms with Crippen LogP contribution in [0.15, 0.2) is 24.3 Å². The van der Waals surface area contributed by atoms with Crippen molar-refractivity contribution in [1.29, 1.82) is 0 Å². The predicted molar refractivity (Wildman–Crippen MR) is 68.7 cm³/mol. The number of aliphatic hydroxyl groups excluding tert-OH is 2.